The fourth-order valence-corrected chi connectivity index (χ4v) is 3.30. The van der Waals surface area contributed by atoms with Crippen molar-refractivity contribution in [2.24, 2.45) is 0 Å². The molecule has 2 N–H and O–H groups in total. The molecule has 5 nitrogen and oxygen atoms in total. The number of carbonyl (C=O) groups is 1. The van der Waals surface area contributed by atoms with Gasteiger partial charge in [-0.05, 0) is 37.1 Å². The van der Waals surface area contributed by atoms with E-state index >= 15 is 0 Å². The van der Waals surface area contributed by atoms with Crippen LogP contribution in [0, 0.1) is 13.8 Å². The van der Waals surface area contributed by atoms with Crippen LogP contribution in [0.5, 0.6) is 5.75 Å². The van der Waals surface area contributed by atoms with Gasteiger partial charge in [-0.3, -0.25) is 10.1 Å². The van der Waals surface area contributed by atoms with Crippen molar-refractivity contribution in [3.63, 3.8) is 0 Å². The number of ether oxygens (including phenoxy) is 1. The standard InChI is InChI=1S/C18H17N3O2S/c1-11-8-14(23-3)9-12(2)16(11)15-10-24-18(20-15)21-17(22)13-4-6-19-7-5-13/h4-10H,1-3H3,(H,20,21,22)/p+1. The largest absolute Gasteiger partial charge is 0.497 e. The number of hydrogen-bond acceptors (Lipinski definition) is 4. The summed E-state index contributed by atoms with van der Waals surface area (Å²) in [5, 5.41) is 5.38. The topological polar surface area (TPSA) is 65.4 Å². The number of aromatic nitrogens is 2. The lowest BCUT2D eigenvalue weighted by molar-refractivity contribution is -0.378. The molecule has 0 fully saturated rings. The number of benzene rings is 1. The molecule has 3 rings (SSSR count). The number of nitrogens with one attached hydrogen (secondary N) is 2. The number of aryl methyl sites for hydroxylation is 2. The zero-order chi connectivity index (χ0) is 17.1. The molecule has 0 saturated carbocycles. The molecule has 0 saturated heterocycles. The van der Waals surface area contributed by atoms with Gasteiger partial charge in [-0.15, -0.1) is 11.3 Å². The first-order chi connectivity index (χ1) is 11.6. The van der Waals surface area contributed by atoms with E-state index in [1.165, 1.54) is 11.3 Å². The number of H-pyrrole nitrogens is 1. The molecule has 1 aromatic carbocycles. The minimum Gasteiger partial charge on any atom is -0.497 e. The molecule has 2 heterocycles. The summed E-state index contributed by atoms with van der Waals surface area (Å²) in [6.07, 6.45) is 3.43. The maximum absolute atomic E-state index is 12.2. The van der Waals surface area contributed by atoms with Crippen molar-refractivity contribution in [2.75, 3.05) is 12.4 Å². The van der Waals surface area contributed by atoms with Gasteiger partial charge in [-0.1, -0.05) is 0 Å². The molecule has 0 radical (unpaired) electrons. The normalized spacial score (nSPS) is 10.5. The fraction of sp³-hybridized carbons (Fsp3) is 0.167. The number of anilines is 1. The van der Waals surface area contributed by atoms with Crippen molar-refractivity contribution in [2.45, 2.75) is 13.8 Å². The van der Waals surface area contributed by atoms with Crippen molar-refractivity contribution in [3.8, 4) is 17.0 Å². The Bertz CT molecular complexity index is 852. The van der Waals surface area contributed by atoms with Crippen LogP contribution >= 0.6 is 11.3 Å². The summed E-state index contributed by atoms with van der Waals surface area (Å²) in [4.78, 5) is 19.7. The van der Waals surface area contributed by atoms with Crippen molar-refractivity contribution < 1.29 is 14.5 Å². The van der Waals surface area contributed by atoms with Crippen LogP contribution < -0.4 is 15.0 Å². The van der Waals surface area contributed by atoms with E-state index in [2.05, 4.69) is 15.3 Å². The molecule has 1 amide bonds. The van der Waals surface area contributed by atoms with Crippen LogP contribution in [0.3, 0.4) is 0 Å². The highest BCUT2D eigenvalue weighted by Crippen LogP contribution is 2.33. The number of thiazole rings is 1. The van der Waals surface area contributed by atoms with Crippen LogP contribution in [0.25, 0.3) is 11.3 Å². The van der Waals surface area contributed by atoms with Crippen LogP contribution in [0.4, 0.5) is 5.13 Å². The first-order valence-corrected chi connectivity index (χ1v) is 8.35. The van der Waals surface area contributed by atoms with Crippen molar-refractivity contribution in [3.05, 3.63) is 58.7 Å². The average Bonchev–Trinajstić information content (AvgIpc) is 3.02. The van der Waals surface area contributed by atoms with Gasteiger partial charge in [0.25, 0.3) is 5.91 Å². The minimum absolute atomic E-state index is 0.173. The molecule has 3 aromatic rings. The summed E-state index contributed by atoms with van der Waals surface area (Å²) >= 11 is 1.41. The van der Waals surface area contributed by atoms with E-state index in [1.54, 1.807) is 31.6 Å². The maximum atomic E-state index is 12.2. The van der Waals surface area contributed by atoms with Crippen LogP contribution in [0.15, 0.2) is 42.0 Å². The summed E-state index contributed by atoms with van der Waals surface area (Å²) in [5.41, 5.74) is 4.70. The molecule has 0 aliphatic heterocycles. The second-order valence-electron chi connectivity index (χ2n) is 5.42. The lowest BCUT2D eigenvalue weighted by Gasteiger charge is -2.10. The first-order valence-electron chi connectivity index (χ1n) is 7.47. The molecule has 0 spiro atoms. The molecule has 122 valence electrons. The Morgan fingerprint density at radius 2 is 1.88 bits per heavy atom. The summed E-state index contributed by atoms with van der Waals surface area (Å²) in [5.74, 6) is 0.659. The van der Waals surface area contributed by atoms with Crippen molar-refractivity contribution in [1.82, 2.24) is 4.98 Å². The van der Waals surface area contributed by atoms with E-state index in [4.69, 9.17) is 4.74 Å². The first kappa shape index (κ1) is 16.1. The Hall–Kier alpha value is -2.73. The Balaban J connectivity index is 1.85. The molecule has 0 atom stereocenters. The Morgan fingerprint density at radius 3 is 2.50 bits per heavy atom. The van der Waals surface area contributed by atoms with Gasteiger partial charge in [0.1, 0.15) is 5.75 Å². The average molecular weight is 340 g/mol. The van der Waals surface area contributed by atoms with Gasteiger partial charge in [0.2, 0.25) is 0 Å². The lowest BCUT2D eigenvalue weighted by atomic mass is 10.0. The zero-order valence-corrected chi connectivity index (χ0v) is 14.5. The predicted molar refractivity (Wildman–Crippen MR) is 94.5 cm³/mol. The molecular weight excluding hydrogens is 322 g/mol. The smallest absolute Gasteiger partial charge is 0.257 e. The summed E-state index contributed by atoms with van der Waals surface area (Å²) < 4.78 is 5.30. The molecule has 0 bridgehead atoms. The monoisotopic (exact) mass is 340 g/mol. The molecule has 24 heavy (non-hydrogen) atoms. The van der Waals surface area contributed by atoms with E-state index in [0.29, 0.717) is 10.7 Å². The fourth-order valence-electron chi connectivity index (χ4n) is 2.60. The number of rotatable bonds is 4. The van der Waals surface area contributed by atoms with E-state index < -0.39 is 0 Å². The number of aromatic amines is 1. The highest BCUT2D eigenvalue weighted by molar-refractivity contribution is 7.14. The third-order valence-electron chi connectivity index (χ3n) is 3.70. The molecule has 0 unspecified atom stereocenters. The van der Waals surface area contributed by atoms with Crippen LogP contribution in [-0.2, 0) is 0 Å². The zero-order valence-electron chi connectivity index (χ0n) is 13.7. The van der Waals surface area contributed by atoms with Gasteiger partial charge in [-0.25, -0.2) is 9.97 Å². The summed E-state index contributed by atoms with van der Waals surface area (Å²) in [6.45, 7) is 4.06. The highest BCUT2D eigenvalue weighted by atomic mass is 32.1. The van der Waals surface area contributed by atoms with Gasteiger partial charge in [0.05, 0.1) is 18.4 Å². The minimum atomic E-state index is -0.173. The molecule has 0 aliphatic carbocycles. The van der Waals surface area contributed by atoms with E-state index in [9.17, 15) is 4.79 Å². The third-order valence-corrected chi connectivity index (χ3v) is 4.46. The van der Waals surface area contributed by atoms with E-state index in [-0.39, 0.29) is 5.91 Å². The number of carbonyl (C=O) groups excluding carboxylic acids is 1. The van der Waals surface area contributed by atoms with Gasteiger partial charge in [0.15, 0.2) is 17.5 Å². The van der Waals surface area contributed by atoms with E-state index in [1.807, 2.05) is 31.4 Å². The van der Waals surface area contributed by atoms with Crippen molar-refractivity contribution >= 4 is 22.4 Å². The maximum Gasteiger partial charge on any atom is 0.257 e. The molecule has 6 heteroatoms. The second kappa shape index (κ2) is 6.80. The van der Waals surface area contributed by atoms with Crippen LogP contribution in [-0.4, -0.2) is 18.0 Å². The second-order valence-corrected chi connectivity index (χ2v) is 6.27. The van der Waals surface area contributed by atoms with Crippen LogP contribution in [0.1, 0.15) is 21.5 Å². The number of amides is 1. The van der Waals surface area contributed by atoms with Crippen LogP contribution in [0.2, 0.25) is 0 Å². The Morgan fingerprint density at radius 1 is 1.21 bits per heavy atom. The number of pyridine rings is 1. The number of hydrogen-bond donors (Lipinski definition) is 1. The van der Waals surface area contributed by atoms with Gasteiger partial charge < -0.3 is 4.74 Å². The Labute approximate surface area is 144 Å². The van der Waals surface area contributed by atoms with Gasteiger partial charge in [0, 0.05) is 23.1 Å². The quantitative estimate of drug-likeness (QED) is 0.790. The van der Waals surface area contributed by atoms with E-state index in [0.717, 1.165) is 28.1 Å². The number of methoxy groups -OCH3 is 1. The SMILES string of the molecule is COc1cc(C)c(-c2csc(NC(=O)c3cc[nH+]cc3)n2)c(C)c1. The highest BCUT2D eigenvalue weighted by Gasteiger charge is 2.14. The van der Waals surface area contributed by atoms with Gasteiger partial charge in [-0.2, -0.15) is 0 Å². The predicted octanol–water partition coefficient (Wildman–Crippen LogP) is 3.50. The van der Waals surface area contributed by atoms with Gasteiger partial charge >= 0.3 is 0 Å². The lowest BCUT2D eigenvalue weighted by Crippen LogP contribution is -2.13. The third kappa shape index (κ3) is 3.28. The summed E-state index contributed by atoms with van der Waals surface area (Å²) in [7, 11) is 1.66. The molecule has 0 aliphatic rings. The number of nitrogens with zero attached hydrogens (tertiary/aromatic N) is 1. The molecular formula is C18H18N3O2S+. The molecule has 2 aromatic heterocycles. The van der Waals surface area contributed by atoms with Crippen molar-refractivity contribution in [1.29, 1.82) is 0 Å². The Kier molecular flexibility index (Phi) is 4.57. The summed E-state index contributed by atoms with van der Waals surface area (Å²) in [6, 6.07) is 7.42.